The van der Waals surface area contributed by atoms with Gasteiger partial charge in [-0.2, -0.15) is 5.10 Å². The molecule has 2 aromatic heterocycles. The van der Waals surface area contributed by atoms with Gasteiger partial charge in [0.2, 0.25) is 0 Å². The average Bonchev–Trinajstić information content (AvgIpc) is 2.94. The number of para-hydroxylation sites is 1. The van der Waals surface area contributed by atoms with Crippen LogP contribution in [0.15, 0.2) is 36.8 Å². The third-order valence-electron chi connectivity index (χ3n) is 3.18. The molecule has 1 aromatic carbocycles. The molecule has 0 bridgehead atoms. The Kier molecular flexibility index (Phi) is 3.57. The van der Waals surface area contributed by atoms with E-state index in [4.69, 9.17) is 4.74 Å². The molecule has 0 aliphatic heterocycles. The molecule has 3 aromatic rings. The first-order valence-corrected chi connectivity index (χ1v) is 6.53. The Balaban J connectivity index is 1.81. The molecule has 0 aliphatic carbocycles. The van der Waals surface area contributed by atoms with Gasteiger partial charge in [0.25, 0.3) is 5.91 Å². The van der Waals surface area contributed by atoms with Gasteiger partial charge in [0.1, 0.15) is 12.1 Å². The van der Waals surface area contributed by atoms with Gasteiger partial charge in [-0.15, -0.1) is 0 Å². The number of anilines is 1. The number of hydrazine groups is 1. The van der Waals surface area contributed by atoms with Crippen LogP contribution >= 0.6 is 0 Å². The van der Waals surface area contributed by atoms with E-state index in [0.717, 1.165) is 0 Å². The number of hydrogen-bond acceptors (Lipinski definition) is 6. The van der Waals surface area contributed by atoms with Crippen molar-refractivity contribution in [2.24, 2.45) is 7.05 Å². The first kappa shape index (κ1) is 13.8. The lowest BCUT2D eigenvalue weighted by Gasteiger charge is -2.10. The Labute approximate surface area is 126 Å². The maximum absolute atomic E-state index is 12.2. The number of fused-ring (bicyclic) bond motifs is 1. The Morgan fingerprint density at radius 3 is 2.91 bits per heavy atom. The van der Waals surface area contributed by atoms with Crippen molar-refractivity contribution < 1.29 is 9.53 Å². The smallest absolute Gasteiger partial charge is 0.273 e. The van der Waals surface area contributed by atoms with Crippen LogP contribution in [0.4, 0.5) is 5.82 Å². The van der Waals surface area contributed by atoms with Gasteiger partial charge < -0.3 is 4.74 Å². The zero-order chi connectivity index (χ0) is 15.5. The van der Waals surface area contributed by atoms with E-state index >= 15 is 0 Å². The molecule has 0 saturated carbocycles. The Morgan fingerprint density at radius 2 is 2.09 bits per heavy atom. The lowest BCUT2D eigenvalue weighted by atomic mass is 10.2. The van der Waals surface area contributed by atoms with Crippen LogP contribution in [0.3, 0.4) is 0 Å². The fraction of sp³-hybridized carbons (Fsp3) is 0.143. The lowest BCUT2D eigenvalue weighted by molar-refractivity contribution is 0.0959. The van der Waals surface area contributed by atoms with Crippen LogP contribution in [0.25, 0.3) is 11.0 Å². The van der Waals surface area contributed by atoms with Crippen molar-refractivity contribution in [1.82, 2.24) is 25.2 Å². The topological polar surface area (TPSA) is 94.0 Å². The van der Waals surface area contributed by atoms with E-state index in [2.05, 4.69) is 25.9 Å². The second kappa shape index (κ2) is 5.68. The van der Waals surface area contributed by atoms with Gasteiger partial charge in [-0.3, -0.25) is 20.3 Å². The molecule has 0 fully saturated rings. The second-order valence-corrected chi connectivity index (χ2v) is 4.51. The third-order valence-corrected chi connectivity index (χ3v) is 3.18. The highest BCUT2D eigenvalue weighted by molar-refractivity contribution is 5.98. The first-order chi connectivity index (χ1) is 10.7. The third kappa shape index (κ3) is 2.41. The summed E-state index contributed by atoms with van der Waals surface area (Å²) in [5.74, 6) is 0.644. The molecule has 1 amide bonds. The molecule has 0 saturated heterocycles. The van der Waals surface area contributed by atoms with Crippen LogP contribution in [0, 0.1) is 0 Å². The monoisotopic (exact) mass is 298 g/mol. The summed E-state index contributed by atoms with van der Waals surface area (Å²) in [6, 6.07) is 6.96. The number of rotatable bonds is 4. The minimum absolute atomic E-state index is 0.326. The van der Waals surface area contributed by atoms with E-state index in [1.807, 2.05) is 0 Å². The maximum Gasteiger partial charge on any atom is 0.273 e. The zero-order valence-corrected chi connectivity index (χ0v) is 12.1. The predicted octanol–water partition coefficient (Wildman–Crippen LogP) is 1.13. The second-order valence-electron chi connectivity index (χ2n) is 4.51. The fourth-order valence-corrected chi connectivity index (χ4v) is 2.08. The Hall–Kier alpha value is -3.16. The SMILES string of the molecule is COc1ccccc1C(=O)NNc1ncnc2c1cnn2C. The van der Waals surface area contributed by atoms with Gasteiger partial charge in [0, 0.05) is 7.05 Å². The van der Waals surface area contributed by atoms with Crippen molar-refractivity contribution in [3.05, 3.63) is 42.4 Å². The van der Waals surface area contributed by atoms with Crippen molar-refractivity contribution in [1.29, 1.82) is 0 Å². The molecule has 22 heavy (non-hydrogen) atoms. The highest BCUT2D eigenvalue weighted by Gasteiger charge is 2.12. The summed E-state index contributed by atoms with van der Waals surface area (Å²) < 4.78 is 6.79. The molecule has 2 heterocycles. The van der Waals surface area contributed by atoms with Crippen molar-refractivity contribution >= 4 is 22.8 Å². The van der Waals surface area contributed by atoms with E-state index in [1.54, 1.807) is 42.2 Å². The largest absolute Gasteiger partial charge is 0.496 e. The molecule has 0 atom stereocenters. The molecule has 8 heteroatoms. The zero-order valence-electron chi connectivity index (χ0n) is 12.1. The molecular weight excluding hydrogens is 284 g/mol. The predicted molar refractivity (Wildman–Crippen MR) is 80.4 cm³/mol. The highest BCUT2D eigenvalue weighted by atomic mass is 16.5. The number of aromatic nitrogens is 4. The molecule has 2 N–H and O–H groups in total. The molecule has 8 nitrogen and oxygen atoms in total. The molecule has 112 valence electrons. The van der Waals surface area contributed by atoms with E-state index < -0.39 is 0 Å². The summed E-state index contributed by atoms with van der Waals surface area (Å²) >= 11 is 0. The quantitative estimate of drug-likeness (QED) is 0.701. The molecule has 0 aliphatic rings. The summed E-state index contributed by atoms with van der Waals surface area (Å²) in [7, 11) is 3.30. The Morgan fingerprint density at radius 1 is 1.27 bits per heavy atom. The number of carbonyl (C=O) groups is 1. The number of aryl methyl sites for hydroxylation is 1. The molecule has 0 unspecified atom stereocenters. The van der Waals surface area contributed by atoms with Gasteiger partial charge in [0.05, 0.1) is 24.3 Å². The highest BCUT2D eigenvalue weighted by Crippen LogP contribution is 2.18. The van der Waals surface area contributed by atoms with E-state index in [0.29, 0.717) is 28.2 Å². The summed E-state index contributed by atoms with van der Waals surface area (Å²) in [6.45, 7) is 0. The van der Waals surface area contributed by atoms with Crippen LogP contribution in [0.1, 0.15) is 10.4 Å². The molecule has 0 radical (unpaired) electrons. The van der Waals surface area contributed by atoms with Crippen molar-refractivity contribution in [3.63, 3.8) is 0 Å². The minimum atomic E-state index is -0.326. The number of nitrogens with one attached hydrogen (secondary N) is 2. The van der Waals surface area contributed by atoms with Gasteiger partial charge in [0.15, 0.2) is 11.5 Å². The van der Waals surface area contributed by atoms with Crippen LogP contribution in [-0.2, 0) is 7.05 Å². The summed E-state index contributed by atoms with van der Waals surface area (Å²) in [5, 5.41) is 4.82. The van der Waals surface area contributed by atoms with E-state index in [1.165, 1.54) is 13.4 Å². The minimum Gasteiger partial charge on any atom is -0.496 e. The molecule has 0 spiro atoms. The normalized spacial score (nSPS) is 10.5. The Bertz CT molecular complexity index is 829. The van der Waals surface area contributed by atoms with Gasteiger partial charge in [-0.1, -0.05) is 12.1 Å². The summed E-state index contributed by atoms with van der Waals surface area (Å²) in [6.07, 6.45) is 3.04. The van der Waals surface area contributed by atoms with E-state index in [9.17, 15) is 4.79 Å². The number of nitrogens with zero attached hydrogens (tertiary/aromatic N) is 4. The maximum atomic E-state index is 12.2. The standard InChI is InChI=1S/C14H14N6O2/c1-20-13-10(7-17-20)12(15-8-16-13)18-19-14(21)9-5-3-4-6-11(9)22-2/h3-8H,1-2H3,(H,19,21)(H,15,16,18). The number of benzene rings is 1. The van der Waals surface area contributed by atoms with E-state index in [-0.39, 0.29) is 5.91 Å². The number of amides is 1. The van der Waals surface area contributed by atoms with Gasteiger partial charge >= 0.3 is 0 Å². The molecule has 3 rings (SSSR count). The number of methoxy groups -OCH3 is 1. The van der Waals surface area contributed by atoms with Gasteiger partial charge in [-0.05, 0) is 12.1 Å². The summed E-state index contributed by atoms with van der Waals surface area (Å²) in [5.41, 5.74) is 6.48. The van der Waals surface area contributed by atoms with Crippen molar-refractivity contribution in [2.75, 3.05) is 12.5 Å². The number of carbonyl (C=O) groups excluding carboxylic acids is 1. The van der Waals surface area contributed by atoms with Crippen LogP contribution in [0.2, 0.25) is 0 Å². The van der Waals surface area contributed by atoms with Crippen molar-refractivity contribution in [3.8, 4) is 5.75 Å². The van der Waals surface area contributed by atoms with Crippen LogP contribution in [-0.4, -0.2) is 32.8 Å². The average molecular weight is 298 g/mol. The van der Waals surface area contributed by atoms with Gasteiger partial charge in [-0.25, -0.2) is 9.97 Å². The fourth-order valence-electron chi connectivity index (χ4n) is 2.08. The first-order valence-electron chi connectivity index (χ1n) is 6.53. The van der Waals surface area contributed by atoms with Crippen LogP contribution in [0.5, 0.6) is 5.75 Å². The number of ether oxygens (including phenoxy) is 1. The summed E-state index contributed by atoms with van der Waals surface area (Å²) in [4.78, 5) is 20.5. The number of hydrogen-bond donors (Lipinski definition) is 2. The molecular formula is C14H14N6O2. The van der Waals surface area contributed by atoms with Crippen molar-refractivity contribution in [2.45, 2.75) is 0 Å². The lowest BCUT2D eigenvalue weighted by Crippen LogP contribution is -2.30. The van der Waals surface area contributed by atoms with Crippen LogP contribution < -0.4 is 15.6 Å².